The molecule has 0 saturated carbocycles. The second kappa shape index (κ2) is 7.59. The third-order valence-electron chi connectivity index (χ3n) is 3.95. The van der Waals surface area contributed by atoms with Crippen LogP contribution in [-0.2, 0) is 6.54 Å². The molecular formula is C20H15BrN4O2. The van der Waals surface area contributed by atoms with Gasteiger partial charge < -0.3 is 9.84 Å². The van der Waals surface area contributed by atoms with Crippen LogP contribution in [0.4, 0.5) is 5.69 Å². The van der Waals surface area contributed by atoms with E-state index in [0.29, 0.717) is 18.0 Å². The summed E-state index contributed by atoms with van der Waals surface area (Å²) in [6.45, 7) is 0.616. The second-order valence-corrected chi connectivity index (χ2v) is 6.87. The average molecular weight is 423 g/mol. The van der Waals surface area contributed by atoms with Crippen LogP contribution >= 0.6 is 15.9 Å². The molecule has 2 heterocycles. The Morgan fingerprint density at radius 2 is 1.89 bits per heavy atom. The summed E-state index contributed by atoms with van der Waals surface area (Å²) in [6, 6.07) is 19.1. The fourth-order valence-electron chi connectivity index (χ4n) is 2.61. The van der Waals surface area contributed by atoms with Crippen molar-refractivity contribution in [2.75, 3.05) is 5.32 Å². The van der Waals surface area contributed by atoms with Crippen LogP contribution in [0.1, 0.15) is 16.1 Å². The third kappa shape index (κ3) is 4.15. The van der Waals surface area contributed by atoms with Crippen LogP contribution in [0.5, 0.6) is 0 Å². The van der Waals surface area contributed by atoms with E-state index in [0.717, 1.165) is 15.6 Å². The van der Waals surface area contributed by atoms with E-state index in [2.05, 4.69) is 31.5 Å². The Bertz CT molecular complexity index is 1060. The van der Waals surface area contributed by atoms with Crippen molar-refractivity contribution in [1.82, 2.24) is 14.9 Å². The number of carbonyl (C=O) groups excluding carboxylic acids is 1. The van der Waals surface area contributed by atoms with Crippen molar-refractivity contribution in [3.63, 3.8) is 0 Å². The average Bonchev–Trinajstić information content (AvgIpc) is 3.34. The molecule has 0 saturated heterocycles. The van der Waals surface area contributed by atoms with Gasteiger partial charge in [0.1, 0.15) is 0 Å². The van der Waals surface area contributed by atoms with Crippen LogP contribution in [0.15, 0.2) is 82.1 Å². The van der Waals surface area contributed by atoms with Gasteiger partial charge in [0, 0.05) is 22.3 Å². The molecule has 0 atom stereocenters. The van der Waals surface area contributed by atoms with Gasteiger partial charge in [0.15, 0.2) is 11.5 Å². The Kier molecular flexibility index (Phi) is 4.84. The second-order valence-electron chi connectivity index (χ2n) is 5.95. The van der Waals surface area contributed by atoms with Crippen LogP contribution in [0.3, 0.4) is 0 Å². The molecule has 4 rings (SSSR count). The zero-order valence-corrected chi connectivity index (χ0v) is 15.8. The lowest BCUT2D eigenvalue weighted by molar-refractivity contribution is 0.101. The summed E-state index contributed by atoms with van der Waals surface area (Å²) >= 11 is 3.42. The van der Waals surface area contributed by atoms with Crippen molar-refractivity contribution in [3.8, 4) is 11.3 Å². The maximum absolute atomic E-state index is 12.4. The van der Waals surface area contributed by atoms with Gasteiger partial charge in [-0.15, -0.1) is 0 Å². The van der Waals surface area contributed by atoms with E-state index in [1.165, 1.54) is 0 Å². The summed E-state index contributed by atoms with van der Waals surface area (Å²) in [4.78, 5) is 12.4. The maximum Gasteiger partial charge on any atom is 0.277 e. The van der Waals surface area contributed by atoms with Gasteiger partial charge in [0.25, 0.3) is 5.91 Å². The smallest absolute Gasteiger partial charge is 0.277 e. The van der Waals surface area contributed by atoms with Gasteiger partial charge in [0.2, 0.25) is 0 Å². The number of carbonyl (C=O) groups is 1. The van der Waals surface area contributed by atoms with E-state index in [4.69, 9.17) is 4.52 Å². The lowest BCUT2D eigenvalue weighted by Gasteiger charge is -2.02. The minimum absolute atomic E-state index is 0.217. The summed E-state index contributed by atoms with van der Waals surface area (Å²) in [5.41, 5.74) is 2.80. The van der Waals surface area contributed by atoms with Gasteiger partial charge in [-0.25, -0.2) is 0 Å². The predicted octanol–water partition coefficient (Wildman–Crippen LogP) is 4.60. The van der Waals surface area contributed by atoms with Crippen molar-refractivity contribution < 1.29 is 9.32 Å². The number of hydrogen-bond acceptors (Lipinski definition) is 4. The first-order chi connectivity index (χ1) is 13.2. The molecule has 2 aromatic heterocycles. The minimum Gasteiger partial charge on any atom is -0.355 e. The minimum atomic E-state index is -0.343. The molecule has 4 aromatic rings. The molecule has 1 N–H and O–H groups in total. The quantitative estimate of drug-likeness (QED) is 0.509. The van der Waals surface area contributed by atoms with E-state index >= 15 is 0 Å². The van der Waals surface area contributed by atoms with Crippen LogP contribution in [-0.4, -0.2) is 20.8 Å². The standard InChI is InChI=1S/C20H15BrN4O2/c21-16-8-6-14(7-9-16)12-25-13-17(11-22-25)23-20(26)18-10-19(27-24-18)15-4-2-1-3-5-15/h1-11,13H,12H2,(H,23,26). The molecule has 0 aliphatic carbocycles. The first-order valence-electron chi connectivity index (χ1n) is 8.28. The van der Waals surface area contributed by atoms with Crippen molar-refractivity contribution >= 4 is 27.5 Å². The number of hydrogen-bond donors (Lipinski definition) is 1. The van der Waals surface area contributed by atoms with Gasteiger partial charge in [-0.05, 0) is 17.7 Å². The van der Waals surface area contributed by atoms with Crippen molar-refractivity contribution in [2.45, 2.75) is 6.54 Å². The summed E-state index contributed by atoms with van der Waals surface area (Å²) in [6.07, 6.45) is 3.38. The van der Waals surface area contributed by atoms with Crippen LogP contribution < -0.4 is 5.32 Å². The number of aromatic nitrogens is 3. The molecule has 134 valence electrons. The lowest BCUT2D eigenvalue weighted by atomic mass is 10.1. The van der Waals surface area contributed by atoms with E-state index in [1.807, 2.05) is 54.6 Å². The number of amides is 1. The maximum atomic E-state index is 12.4. The van der Waals surface area contributed by atoms with Crippen molar-refractivity contribution in [1.29, 1.82) is 0 Å². The van der Waals surface area contributed by atoms with Gasteiger partial charge in [-0.3, -0.25) is 9.48 Å². The Balaban J connectivity index is 1.42. The molecule has 0 aliphatic heterocycles. The molecule has 0 fully saturated rings. The number of benzene rings is 2. The Morgan fingerprint density at radius 1 is 1.11 bits per heavy atom. The number of nitrogens with zero attached hydrogens (tertiary/aromatic N) is 3. The number of anilines is 1. The SMILES string of the molecule is O=C(Nc1cnn(Cc2ccc(Br)cc2)c1)c1cc(-c2ccccc2)on1. The van der Waals surface area contributed by atoms with E-state index in [9.17, 15) is 4.79 Å². The first kappa shape index (κ1) is 17.2. The highest BCUT2D eigenvalue weighted by atomic mass is 79.9. The molecule has 0 spiro atoms. The Hall–Kier alpha value is -3.19. The van der Waals surface area contributed by atoms with Gasteiger partial charge in [-0.1, -0.05) is 63.6 Å². The highest BCUT2D eigenvalue weighted by Gasteiger charge is 2.14. The third-order valence-corrected chi connectivity index (χ3v) is 4.48. The number of rotatable bonds is 5. The van der Waals surface area contributed by atoms with Crippen molar-refractivity contribution in [2.24, 2.45) is 0 Å². The highest BCUT2D eigenvalue weighted by molar-refractivity contribution is 9.10. The summed E-state index contributed by atoms with van der Waals surface area (Å²) < 4.78 is 8.06. The van der Waals surface area contributed by atoms with Gasteiger partial charge >= 0.3 is 0 Å². The molecule has 7 heteroatoms. The fraction of sp³-hybridized carbons (Fsp3) is 0.0500. The Morgan fingerprint density at radius 3 is 2.67 bits per heavy atom. The molecule has 1 amide bonds. The van der Waals surface area contributed by atoms with Gasteiger partial charge in [0.05, 0.1) is 18.4 Å². The molecule has 2 aromatic carbocycles. The summed E-state index contributed by atoms with van der Waals surface area (Å²) in [5.74, 6) is 0.204. The zero-order valence-electron chi connectivity index (χ0n) is 14.2. The predicted molar refractivity (Wildman–Crippen MR) is 105 cm³/mol. The van der Waals surface area contributed by atoms with E-state index in [1.54, 1.807) is 23.1 Å². The molecule has 0 aliphatic rings. The van der Waals surface area contributed by atoms with Crippen LogP contribution in [0.25, 0.3) is 11.3 Å². The van der Waals surface area contributed by atoms with E-state index in [-0.39, 0.29) is 11.6 Å². The summed E-state index contributed by atoms with van der Waals surface area (Å²) in [7, 11) is 0. The lowest BCUT2D eigenvalue weighted by Crippen LogP contribution is -2.11. The number of nitrogens with one attached hydrogen (secondary N) is 1. The van der Waals surface area contributed by atoms with E-state index < -0.39 is 0 Å². The monoisotopic (exact) mass is 422 g/mol. The van der Waals surface area contributed by atoms with Crippen molar-refractivity contribution in [3.05, 3.63) is 88.8 Å². The molecule has 0 radical (unpaired) electrons. The fourth-order valence-corrected chi connectivity index (χ4v) is 2.87. The molecular weight excluding hydrogens is 408 g/mol. The molecule has 27 heavy (non-hydrogen) atoms. The molecule has 0 bridgehead atoms. The number of halogens is 1. The van der Waals surface area contributed by atoms with Gasteiger partial charge in [-0.2, -0.15) is 5.10 Å². The molecule has 6 nitrogen and oxygen atoms in total. The van der Waals surface area contributed by atoms with Crippen LogP contribution in [0.2, 0.25) is 0 Å². The zero-order chi connectivity index (χ0) is 18.6. The largest absolute Gasteiger partial charge is 0.355 e. The molecule has 0 unspecified atom stereocenters. The summed E-state index contributed by atoms with van der Waals surface area (Å²) in [5, 5.41) is 10.9. The van der Waals surface area contributed by atoms with Crippen LogP contribution in [0, 0.1) is 0 Å². The topological polar surface area (TPSA) is 73.0 Å². The Labute approximate surface area is 163 Å². The highest BCUT2D eigenvalue weighted by Crippen LogP contribution is 2.20. The normalized spacial score (nSPS) is 10.7. The first-order valence-corrected chi connectivity index (χ1v) is 9.07.